The first-order valence-corrected chi connectivity index (χ1v) is 9.00. The van der Waals surface area contributed by atoms with Crippen molar-refractivity contribution in [1.82, 2.24) is 15.1 Å². The molecule has 7 heteroatoms. The molecular weight excluding hydrogens is 346 g/mol. The van der Waals surface area contributed by atoms with Gasteiger partial charge < -0.3 is 15.1 Å². The molecule has 0 spiro atoms. The van der Waals surface area contributed by atoms with Gasteiger partial charge >= 0.3 is 6.03 Å². The van der Waals surface area contributed by atoms with E-state index >= 15 is 0 Å². The number of halogens is 1. The molecule has 0 aliphatic carbocycles. The Morgan fingerprint density at radius 3 is 2.42 bits per heavy atom. The minimum Gasteiger partial charge on any atom is -0.334 e. The number of nitrogens with one attached hydrogen (secondary N) is 1. The van der Waals surface area contributed by atoms with Crippen molar-refractivity contribution in [3.8, 4) is 0 Å². The van der Waals surface area contributed by atoms with Crippen molar-refractivity contribution in [3.05, 3.63) is 57.2 Å². The number of rotatable bonds is 3. The van der Waals surface area contributed by atoms with E-state index in [2.05, 4.69) is 5.32 Å². The zero-order valence-corrected chi connectivity index (χ0v) is 14.6. The Morgan fingerprint density at radius 2 is 1.75 bits per heavy atom. The number of benzene rings is 1. The largest absolute Gasteiger partial charge is 0.334 e. The maximum Gasteiger partial charge on any atom is 0.317 e. The molecule has 0 saturated carbocycles. The number of carbonyl (C=O) groups is 2. The monoisotopic (exact) mass is 363 g/mol. The number of nitrogens with zero attached hydrogens (tertiary/aromatic N) is 2. The topological polar surface area (TPSA) is 52.7 Å². The molecule has 1 aliphatic heterocycles. The van der Waals surface area contributed by atoms with E-state index in [1.54, 1.807) is 15.9 Å². The summed E-state index contributed by atoms with van der Waals surface area (Å²) < 4.78 is 0. The lowest BCUT2D eigenvalue weighted by Gasteiger charge is -2.34. The van der Waals surface area contributed by atoms with Crippen molar-refractivity contribution in [2.45, 2.75) is 6.54 Å². The zero-order chi connectivity index (χ0) is 16.9. The van der Waals surface area contributed by atoms with Crippen LogP contribution in [0.2, 0.25) is 5.02 Å². The summed E-state index contributed by atoms with van der Waals surface area (Å²) in [5, 5.41) is 5.42. The minimum absolute atomic E-state index is 0.0427. The van der Waals surface area contributed by atoms with E-state index in [4.69, 9.17) is 11.6 Å². The average molecular weight is 364 g/mol. The molecule has 3 rings (SSSR count). The first kappa shape index (κ1) is 16.8. The number of thiophene rings is 1. The first-order chi connectivity index (χ1) is 11.6. The fourth-order valence-corrected chi connectivity index (χ4v) is 3.49. The third-order valence-electron chi connectivity index (χ3n) is 3.97. The number of carbonyl (C=O) groups excluding carboxylic acids is 2. The summed E-state index contributed by atoms with van der Waals surface area (Å²) in [6.07, 6.45) is 0. The fourth-order valence-electron chi connectivity index (χ4n) is 2.59. The maximum absolute atomic E-state index is 12.3. The highest BCUT2D eigenvalue weighted by atomic mass is 35.5. The van der Waals surface area contributed by atoms with Gasteiger partial charge in [0, 0.05) is 37.7 Å². The molecule has 24 heavy (non-hydrogen) atoms. The molecular formula is C17H18ClN3O2S. The highest BCUT2D eigenvalue weighted by Gasteiger charge is 2.25. The van der Waals surface area contributed by atoms with Crippen LogP contribution in [0.5, 0.6) is 0 Å². The molecule has 2 aromatic rings. The van der Waals surface area contributed by atoms with E-state index in [0.717, 1.165) is 10.4 Å². The second-order valence-corrected chi connectivity index (χ2v) is 6.86. The number of piperazine rings is 1. The highest BCUT2D eigenvalue weighted by molar-refractivity contribution is 7.12. The lowest BCUT2D eigenvalue weighted by Crippen LogP contribution is -2.53. The van der Waals surface area contributed by atoms with Gasteiger partial charge in [0.2, 0.25) is 0 Å². The summed E-state index contributed by atoms with van der Waals surface area (Å²) in [6.45, 7) is 2.57. The van der Waals surface area contributed by atoms with Gasteiger partial charge in [0.1, 0.15) is 0 Å². The van der Waals surface area contributed by atoms with Gasteiger partial charge in [-0.2, -0.15) is 0 Å². The lowest BCUT2D eigenvalue weighted by molar-refractivity contribution is 0.0669. The van der Waals surface area contributed by atoms with Gasteiger partial charge in [-0.25, -0.2) is 4.79 Å². The molecule has 0 radical (unpaired) electrons. The summed E-state index contributed by atoms with van der Waals surface area (Å²) in [6, 6.07) is 11.0. The Kier molecular flexibility index (Phi) is 5.37. The van der Waals surface area contributed by atoms with Crippen LogP contribution in [-0.2, 0) is 6.54 Å². The molecule has 0 atom stereocenters. The van der Waals surface area contributed by atoms with Crippen LogP contribution in [0.4, 0.5) is 4.79 Å². The lowest BCUT2D eigenvalue weighted by atomic mass is 10.2. The highest BCUT2D eigenvalue weighted by Crippen LogP contribution is 2.15. The van der Waals surface area contributed by atoms with E-state index in [1.165, 1.54) is 11.3 Å². The standard InChI is InChI=1S/C17H18ClN3O2S/c18-14-5-2-1-4-13(14)12-19-17(23)21-9-7-20(8-10-21)16(22)15-6-3-11-24-15/h1-6,11H,7-10,12H2,(H,19,23). The third kappa shape index (κ3) is 3.88. The predicted octanol–water partition coefficient (Wildman–Crippen LogP) is 3.07. The molecule has 1 aromatic carbocycles. The number of urea groups is 1. The Labute approximate surface area is 149 Å². The van der Waals surface area contributed by atoms with E-state index < -0.39 is 0 Å². The van der Waals surface area contributed by atoms with Gasteiger partial charge in [-0.15, -0.1) is 11.3 Å². The minimum atomic E-state index is -0.127. The molecule has 1 aromatic heterocycles. The van der Waals surface area contributed by atoms with E-state index in [-0.39, 0.29) is 11.9 Å². The van der Waals surface area contributed by atoms with Crippen LogP contribution in [0.1, 0.15) is 15.2 Å². The summed E-state index contributed by atoms with van der Waals surface area (Å²) >= 11 is 7.53. The van der Waals surface area contributed by atoms with Gasteiger partial charge in [0.15, 0.2) is 0 Å². The van der Waals surface area contributed by atoms with Crippen LogP contribution in [-0.4, -0.2) is 47.9 Å². The van der Waals surface area contributed by atoms with Crippen molar-refractivity contribution < 1.29 is 9.59 Å². The van der Waals surface area contributed by atoms with Gasteiger partial charge in [-0.05, 0) is 23.1 Å². The van der Waals surface area contributed by atoms with Crippen LogP contribution < -0.4 is 5.32 Å². The second-order valence-electron chi connectivity index (χ2n) is 5.51. The van der Waals surface area contributed by atoms with Crippen molar-refractivity contribution in [2.75, 3.05) is 26.2 Å². The third-order valence-corrected chi connectivity index (χ3v) is 5.20. The summed E-state index contributed by atoms with van der Waals surface area (Å²) in [4.78, 5) is 28.8. The quantitative estimate of drug-likeness (QED) is 0.911. The van der Waals surface area contributed by atoms with Gasteiger partial charge in [0.05, 0.1) is 4.88 Å². The number of hydrogen-bond donors (Lipinski definition) is 1. The SMILES string of the molecule is O=C(NCc1ccccc1Cl)N1CCN(C(=O)c2cccs2)CC1. The Bertz CT molecular complexity index is 712. The Morgan fingerprint density at radius 1 is 1.04 bits per heavy atom. The van der Waals surface area contributed by atoms with Crippen molar-refractivity contribution in [2.24, 2.45) is 0 Å². The summed E-state index contributed by atoms with van der Waals surface area (Å²) in [7, 11) is 0. The zero-order valence-electron chi connectivity index (χ0n) is 13.1. The molecule has 1 saturated heterocycles. The number of amides is 3. The van der Waals surface area contributed by atoms with Crippen LogP contribution in [0.25, 0.3) is 0 Å². The van der Waals surface area contributed by atoms with Crippen molar-refractivity contribution in [1.29, 1.82) is 0 Å². The molecule has 1 N–H and O–H groups in total. The summed E-state index contributed by atoms with van der Waals surface area (Å²) in [5.74, 6) is 0.0427. The van der Waals surface area contributed by atoms with E-state index in [9.17, 15) is 9.59 Å². The predicted molar refractivity (Wildman–Crippen MR) is 95.5 cm³/mol. The molecule has 126 valence electrons. The summed E-state index contributed by atoms with van der Waals surface area (Å²) in [5.41, 5.74) is 0.888. The average Bonchev–Trinajstić information content (AvgIpc) is 3.15. The van der Waals surface area contributed by atoms with Gasteiger partial charge in [0.25, 0.3) is 5.91 Å². The first-order valence-electron chi connectivity index (χ1n) is 7.74. The molecule has 3 amide bonds. The second kappa shape index (κ2) is 7.68. The van der Waals surface area contributed by atoms with Crippen molar-refractivity contribution in [3.63, 3.8) is 0 Å². The van der Waals surface area contributed by atoms with Crippen LogP contribution in [0, 0.1) is 0 Å². The Hall–Kier alpha value is -2.05. The molecule has 1 aliphatic rings. The molecule has 2 heterocycles. The molecule has 1 fully saturated rings. The fraction of sp³-hybridized carbons (Fsp3) is 0.294. The van der Waals surface area contributed by atoms with Crippen LogP contribution >= 0.6 is 22.9 Å². The van der Waals surface area contributed by atoms with Crippen LogP contribution in [0.3, 0.4) is 0 Å². The molecule has 0 bridgehead atoms. The van der Waals surface area contributed by atoms with Gasteiger partial charge in [-0.1, -0.05) is 35.9 Å². The smallest absolute Gasteiger partial charge is 0.317 e. The van der Waals surface area contributed by atoms with Crippen LogP contribution in [0.15, 0.2) is 41.8 Å². The normalized spacial score (nSPS) is 14.5. The van der Waals surface area contributed by atoms with E-state index in [1.807, 2.05) is 35.7 Å². The van der Waals surface area contributed by atoms with Crippen molar-refractivity contribution >= 4 is 34.9 Å². The van der Waals surface area contributed by atoms with Gasteiger partial charge in [-0.3, -0.25) is 4.79 Å². The maximum atomic E-state index is 12.3. The Balaban J connectivity index is 1.48. The molecule has 0 unspecified atom stereocenters. The molecule has 5 nitrogen and oxygen atoms in total. The number of hydrogen-bond acceptors (Lipinski definition) is 3. The van der Waals surface area contributed by atoms with E-state index in [0.29, 0.717) is 37.7 Å².